The molecule has 0 unspecified atom stereocenters. The molecule has 21 heavy (non-hydrogen) atoms. The van der Waals surface area contributed by atoms with E-state index in [0.717, 1.165) is 49.0 Å². The summed E-state index contributed by atoms with van der Waals surface area (Å²) in [6, 6.07) is 0.373. The van der Waals surface area contributed by atoms with Gasteiger partial charge in [0.15, 0.2) is 0 Å². The molecule has 0 saturated heterocycles. The van der Waals surface area contributed by atoms with E-state index in [1.165, 1.54) is 0 Å². The number of rotatable bonds is 9. The van der Waals surface area contributed by atoms with Crippen molar-refractivity contribution in [1.29, 1.82) is 0 Å². The summed E-state index contributed by atoms with van der Waals surface area (Å²) in [7, 11) is 1.73. The Hall–Kier alpha value is -1.36. The summed E-state index contributed by atoms with van der Waals surface area (Å²) >= 11 is 0. The van der Waals surface area contributed by atoms with Gasteiger partial charge in [-0.15, -0.1) is 0 Å². The van der Waals surface area contributed by atoms with Crippen molar-refractivity contribution in [2.24, 2.45) is 0 Å². The van der Waals surface area contributed by atoms with Gasteiger partial charge in [-0.05, 0) is 34.1 Å². The molecule has 0 fully saturated rings. The molecule has 0 aliphatic heterocycles. The minimum absolute atomic E-state index is 0.373. The molecule has 0 aromatic carbocycles. The molecule has 5 nitrogen and oxygen atoms in total. The minimum Gasteiger partial charge on any atom is -0.383 e. The van der Waals surface area contributed by atoms with E-state index in [4.69, 9.17) is 9.72 Å². The number of nitrogens with one attached hydrogen (secondary N) is 1. The average molecular weight is 294 g/mol. The smallest absolute Gasteiger partial charge is 0.137 e. The van der Waals surface area contributed by atoms with Crippen molar-refractivity contribution in [3.05, 3.63) is 11.4 Å². The van der Waals surface area contributed by atoms with Gasteiger partial charge in [0.2, 0.25) is 0 Å². The van der Waals surface area contributed by atoms with Crippen LogP contribution in [0.25, 0.3) is 0 Å². The third-order valence-electron chi connectivity index (χ3n) is 3.42. The molecule has 0 saturated carbocycles. The second-order valence-electron chi connectivity index (χ2n) is 5.50. The Bertz CT molecular complexity index is 435. The van der Waals surface area contributed by atoms with Crippen molar-refractivity contribution in [1.82, 2.24) is 9.97 Å². The molecular weight excluding hydrogens is 264 g/mol. The van der Waals surface area contributed by atoms with Crippen LogP contribution in [0.1, 0.15) is 45.5 Å². The molecule has 120 valence electrons. The van der Waals surface area contributed by atoms with Crippen LogP contribution in [0.4, 0.5) is 11.6 Å². The van der Waals surface area contributed by atoms with Crippen LogP contribution in [-0.4, -0.2) is 42.8 Å². The number of anilines is 2. The van der Waals surface area contributed by atoms with Crippen LogP contribution in [0.3, 0.4) is 0 Å². The summed E-state index contributed by atoms with van der Waals surface area (Å²) in [5.74, 6) is 2.89. The maximum absolute atomic E-state index is 5.24. The van der Waals surface area contributed by atoms with Crippen LogP contribution in [-0.2, 0) is 11.2 Å². The molecule has 0 amide bonds. The third-order valence-corrected chi connectivity index (χ3v) is 3.42. The molecule has 0 aliphatic carbocycles. The molecule has 0 aliphatic rings. The van der Waals surface area contributed by atoms with Crippen LogP contribution in [0.2, 0.25) is 0 Å². The molecule has 5 heteroatoms. The molecule has 1 aromatic rings. The highest BCUT2D eigenvalue weighted by atomic mass is 16.5. The van der Waals surface area contributed by atoms with E-state index in [9.17, 15) is 0 Å². The Morgan fingerprint density at radius 3 is 2.48 bits per heavy atom. The van der Waals surface area contributed by atoms with Crippen molar-refractivity contribution in [3.8, 4) is 0 Å². The largest absolute Gasteiger partial charge is 0.383 e. The van der Waals surface area contributed by atoms with E-state index in [-0.39, 0.29) is 0 Å². The Morgan fingerprint density at radius 2 is 1.95 bits per heavy atom. The van der Waals surface area contributed by atoms with Crippen LogP contribution < -0.4 is 10.2 Å². The lowest BCUT2D eigenvalue weighted by Crippen LogP contribution is -2.35. The first-order valence-electron chi connectivity index (χ1n) is 7.92. The van der Waals surface area contributed by atoms with Crippen LogP contribution in [0.15, 0.2) is 0 Å². The molecule has 1 N–H and O–H groups in total. The normalized spacial score (nSPS) is 11.0. The molecule has 1 heterocycles. The Labute approximate surface area is 129 Å². The Morgan fingerprint density at radius 1 is 1.24 bits per heavy atom. The quantitative estimate of drug-likeness (QED) is 0.758. The highest BCUT2D eigenvalue weighted by Gasteiger charge is 2.18. The highest BCUT2D eigenvalue weighted by molar-refractivity contribution is 5.59. The first kappa shape index (κ1) is 17.7. The summed E-state index contributed by atoms with van der Waals surface area (Å²) in [4.78, 5) is 11.7. The Kier molecular flexibility index (Phi) is 7.43. The maximum Gasteiger partial charge on any atom is 0.137 e. The fraction of sp³-hybridized carbons (Fsp3) is 0.750. The van der Waals surface area contributed by atoms with Crippen LogP contribution in [0, 0.1) is 6.92 Å². The topological polar surface area (TPSA) is 50.3 Å². The lowest BCUT2D eigenvalue weighted by Gasteiger charge is -2.30. The van der Waals surface area contributed by atoms with Gasteiger partial charge in [0, 0.05) is 38.2 Å². The zero-order chi connectivity index (χ0) is 15.8. The first-order valence-corrected chi connectivity index (χ1v) is 7.92. The number of ether oxygens (including phenoxy) is 1. The summed E-state index contributed by atoms with van der Waals surface area (Å²) < 4.78 is 5.24. The molecule has 1 aromatic heterocycles. The van der Waals surface area contributed by atoms with Gasteiger partial charge in [-0.3, -0.25) is 0 Å². The van der Waals surface area contributed by atoms with Gasteiger partial charge in [0.05, 0.1) is 6.61 Å². The van der Waals surface area contributed by atoms with Crippen molar-refractivity contribution in [2.45, 2.75) is 53.5 Å². The molecule has 0 radical (unpaired) electrons. The zero-order valence-corrected chi connectivity index (χ0v) is 14.4. The van der Waals surface area contributed by atoms with Crippen molar-refractivity contribution in [3.63, 3.8) is 0 Å². The van der Waals surface area contributed by atoms with Gasteiger partial charge < -0.3 is 15.0 Å². The average Bonchev–Trinajstić information content (AvgIpc) is 2.44. The lowest BCUT2D eigenvalue weighted by molar-refractivity contribution is 0.203. The monoisotopic (exact) mass is 294 g/mol. The second kappa shape index (κ2) is 8.82. The second-order valence-corrected chi connectivity index (χ2v) is 5.50. The van der Waals surface area contributed by atoms with Gasteiger partial charge in [0.1, 0.15) is 17.5 Å². The van der Waals surface area contributed by atoms with E-state index in [2.05, 4.69) is 49.8 Å². The number of aryl methyl sites for hydroxylation is 1. The van der Waals surface area contributed by atoms with Gasteiger partial charge in [-0.1, -0.05) is 6.92 Å². The summed E-state index contributed by atoms with van der Waals surface area (Å²) in [5.41, 5.74) is 1.11. The summed E-state index contributed by atoms with van der Waals surface area (Å²) in [5, 5.41) is 3.36. The molecular formula is C16H30N4O. The van der Waals surface area contributed by atoms with E-state index in [1.807, 2.05) is 0 Å². The highest BCUT2D eigenvalue weighted by Crippen LogP contribution is 2.25. The fourth-order valence-electron chi connectivity index (χ4n) is 2.30. The van der Waals surface area contributed by atoms with Crippen molar-refractivity contribution < 1.29 is 4.74 Å². The molecule has 0 spiro atoms. The Balaban J connectivity index is 3.21. The van der Waals surface area contributed by atoms with Crippen molar-refractivity contribution in [2.75, 3.05) is 37.0 Å². The number of aromatic nitrogens is 2. The maximum atomic E-state index is 5.24. The molecule has 0 atom stereocenters. The summed E-state index contributed by atoms with van der Waals surface area (Å²) in [6.07, 6.45) is 1.95. The van der Waals surface area contributed by atoms with Crippen LogP contribution in [0.5, 0.6) is 0 Å². The number of nitrogens with zero attached hydrogens (tertiary/aromatic N) is 3. The fourth-order valence-corrected chi connectivity index (χ4v) is 2.30. The summed E-state index contributed by atoms with van der Waals surface area (Å²) in [6.45, 7) is 13.1. The molecule has 1 rings (SSSR count). The minimum atomic E-state index is 0.373. The van der Waals surface area contributed by atoms with Gasteiger partial charge >= 0.3 is 0 Å². The SMILES string of the molecule is CCCc1nc(NCC)c(C)c(N(CCOC)C(C)C)n1. The van der Waals surface area contributed by atoms with Gasteiger partial charge in [0.25, 0.3) is 0 Å². The third kappa shape index (κ3) is 4.84. The van der Waals surface area contributed by atoms with Crippen molar-refractivity contribution >= 4 is 11.6 Å². The van der Waals surface area contributed by atoms with E-state index < -0.39 is 0 Å². The van der Waals surface area contributed by atoms with E-state index >= 15 is 0 Å². The van der Waals surface area contributed by atoms with E-state index in [1.54, 1.807) is 7.11 Å². The number of methoxy groups -OCH3 is 1. The number of hydrogen-bond acceptors (Lipinski definition) is 5. The predicted octanol–water partition coefficient (Wildman–Crippen LogP) is 3.03. The first-order chi connectivity index (χ1) is 10.0. The standard InChI is InChI=1S/C16H30N4O/c1-7-9-14-18-15(17-8-2)13(5)16(19-14)20(12(3)4)10-11-21-6/h12H,7-11H2,1-6H3,(H,17,18,19). The van der Waals surface area contributed by atoms with Crippen LogP contribution >= 0.6 is 0 Å². The lowest BCUT2D eigenvalue weighted by atomic mass is 10.2. The van der Waals surface area contributed by atoms with Gasteiger partial charge in [-0.25, -0.2) is 9.97 Å². The predicted molar refractivity (Wildman–Crippen MR) is 89.3 cm³/mol. The number of hydrogen-bond donors (Lipinski definition) is 1. The zero-order valence-electron chi connectivity index (χ0n) is 14.4. The van der Waals surface area contributed by atoms with Gasteiger partial charge in [-0.2, -0.15) is 0 Å². The molecule has 0 bridgehead atoms. The van der Waals surface area contributed by atoms with E-state index in [0.29, 0.717) is 12.6 Å².